The molecule has 9 heteroatoms. The van der Waals surface area contributed by atoms with Gasteiger partial charge >= 0.3 is 17.4 Å². The molecule has 15 heavy (non-hydrogen) atoms. The smallest absolute Gasteiger partial charge is 0.550 e. The summed E-state index contributed by atoms with van der Waals surface area (Å²) in [5, 5.41) is 26.7. The Balaban J connectivity index is -0.0000000184. The van der Waals surface area contributed by atoms with E-state index in [0.717, 1.165) is 20.8 Å². The molecule has 88 valence electrons. The fourth-order valence-electron chi connectivity index (χ4n) is 0. The van der Waals surface area contributed by atoms with Gasteiger partial charge in [-0.15, -0.1) is 0 Å². The molecule has 0 aromatic carbocycles. The molecule has 0 unspecified atom stereocenters. The molecule has 0 aliphatic rings. The Morgan fingerprint density at radius 3 is 0.667 bits per heavy atom. The first kappa shape index (κ1) is 37.1. The summed E-state index contributed by atoms with van der Waals surface area (Å²) in [4.78, 5) is 26.7. The van der Waals surface area contributed by atoms with Gasteiger partial charge in [0.25, 0.3) is 0 Å². The monoisotopic (exact) mass is 240 g/mol. The van der Waals surface area contributed by atoms with E-state index in [1.807, 2.05) is 0 Å². The molecule has 0 aromatic rings. The molecular formula is C6H13AlO8. The van der Waals surface area contributed by atoms with Crippen molar-refractivity contribution < 1.29 is 40.7 Å². The van der Waals surface area contributed by atoms with Crippen molar-refractivity contribution in [2.45, 2.75) is 20.8 Å². The van der Waals surface area contributed by atoms with E-state index in [9.17, 15) is 0 Å². The van der Waals surface area contributed by atoms with Crippen molar-refractivity contribution >= 4 is 35.3 Å². The van der Waals surface area contributed by atoms with Crippen molar-refractivity contribution in [2.75, 3.05) is 0 Å². The van der Waals surface area contributed by atoms with Crippen LogP contribution in [-0.2, 0) is 14.4 Å². The minimum atomic E-state index is -1.08. The number of carbonyl (C=O) groups excluding carboxylic acids is 3. The molecule has 0 atom stereocenters. The summed E-state index contributed by atoms with van der Waals surface area (Å²) in [5.41, 5.74) is 0. The van der Waals surface area contributed by atoms with Gasteiger partial charge in [0.05, 0.1) is 0 Å². The first-order valence-electron chi connectivity index (χ1n) is 2.72. The molecule has 0 bridgehead atoms. The van der Waals surface area contributed by atoms with Gasteiger partial charge in [-0.05, 0) is 20.8 Å². The Bertz CT molecular complexity index is 117. The summed E-state index contributed by atoms with van der Waals surface area (Å²) >= 11 is 0. The third kappa shape index (κ3) is 1170. The first-order valence-corrected chi connectivity index (χ1v) is 2.72. The second-order valence-corrected chi connectivity index (χ2v) is 1.47. The van der Waals surface area contributed by atoms with E-state index in [0.29, 0.717) is 0 Å². The summed E-state index contributed by atoms with van der Waals surface area (Å²) in [7, 11) is 0. The van der Waals surface area contributed by atoms with E-state index in [-0.39, 0.29) is 28.3 Å². The average molecular weight is 240 g/mol. The number of hydrogen-bond donors (Lipinski definition) is 0. The summed E-state index contributed by atoms with van der Waals surface area (Å²) in [6.07, 6.45) is 0. The summed E-state index contributed by atoms with van der Waals surface area (Å²) in [5.74, 6) is -3.25. The van der Waals surface area contributed by atoms with Crippen molar-refractivity contribution in [1.82, 2.24) is 0 Å². The van der Waals surface area contributed by atoms with Gasteiger partial charge in [-0.3, -0.25) is 0 Å². The molecule has 0 fully saturated rings. The summed E-state index contributed by atoms with van der Waals surface area (Å²) in [6, 6.07) is 0. The Hall–Kier alpha value is -1.14. The molecule has 0 radical (unpaired) electrons. The van der Waals surface area contributed by atoms with E-state index < -0.39 is 17.9 Å². The van der Waals surface area contributed by atoms with E-state index in [1.165, 1.54) is 0 Å². The van der Waals surface area contributed by atoms with Crippen molar-refractivity contribution in [1.29, 1.82) is 0 Å². The number of carboxylic acids is 3. The van der Waals surface area contributed by atoms with Gasteiger partial charge in [-0.25, -0.2) is 0 Å². The minimum absolute atomic E-state index is 0. The number of hydrogen-bond acceptors (Lipinski definition) is 6. The zero-order chi connectivity index (χ0) is 10.7. The fourth-order valence-corrected chi connectivity index (χ4v) is 0. The molecule has 0 heterocycles. The molecule has 0 aliphatic carbocycles. The normalized spacial score (nSPS) is 5.00. The molecule has 0 aliphatic heterocycles. The predicted octanol–water partition coefficient (Wildman–Crippen LogP) is -5.76. The van der Waals surface area contributed by atoms with E-state index in [1.54, 1.807) is 0 Å². The Kier molecular flexibility index (Phi) is 72.4. The van der Waals surface area contributed by atoms with Crippen molar-refractivity contribution in [3.8, 4) is 0 Å². The van der Waals surface area contributed by atoms with Gasteiger partial charge in [0, 0.05) is 17.9 Å². The zero-order valence-corrected chi connectivity index (χ0v) is 9.68. The molecule has 0 rings (SSSR count). The minimum Gasteiger partial charge on any atom is -0.550 e. The van der Waals surface area contributed by atoms with Crippen molar-refractivity contribution in [3.63, 3.8) is 0 Å². The number of carbonyl (C=O) groups is 3. The maximum absolute atomic E-state index is 8.89. The van der Waals surface area contributed by atoms with Crippen LogP contribution in [0.3, 0.4) is 0 Å². The Morgan fingerprint density at radius 1 is 0.667 bits per heavy atom. The maximum atomic E-state index is 8.89. The largest absolute Gasteiger partial charge is 3.00 e. The predicted molar refractivity (Wildman–Crippen MR) is 45.0 cm³/mol. The van der Waals surface area contributed by atoms with Crippen molar-refractivity contribution in [3.05, 3.63) is 0 Å². The van der Waals surface area contributed by atoms with Gasteiger partial charge in [-0.1, -0.05) is 0 Å². The zero-order valence-electron chi connectivity index (χ0n) is 8.53. The van der Waals surface area contributed by atoms with Gasteiger partial charge in [0.1, 0.15) is 0 Å². The maximum Gasteiger partial charge on any atom is 3.00 e. The number of carboxylic acid groups (broad SMARTS) is 3. The third-order valence-corrected chi connectivity index (χ3v) is 0. The van der Waals surface area contributed by atoms with E-state index in [2.05, 4.69) is 0 Å². The Labute approximate surface area is 97.3 Å². The van der Waals surface area contributed by atoms with Crippen LogP contribution in [0.4, 0.5) is 0 Å². The molecule has 0 aromatic heterocycles. The average Bonchev–Trinajstić information content (AvgIpc) is 1.54. The van der Waals surface area contributed by atoms with Crippen LogP contribution in [0.1, 0.15) is 20.8 Å². The summed E-state index contributed by atoms with van der Waals surface area (Å²) < 4.78 is 0. The van der Waals surface area contributed by atoms with Gasteiger partial charge in [-0.2, -0.15) is 0 Å². The SMILES string of the molecule is CC(=O)[O-].CC(=O)[O-].CC(=O)[O-].O.O.[Al+3]. The van der Waals surface area contributed by atoms with Gasteiger partial charge < -0.3 is 40.7 Å². The van der Waals surface area contributed by atoms with Crippen LogP contribution in [0.2, 0.25) is 0 Å². The van der Waals surface area contributed by atoms with Crippen LogP contribution >= 0.6 is 0 Å². The molecular weight excluding hydrogens is 227 g/mol. The fraction of sp³-hybridized carbons (Fsp3) is 0.500. The Morgan fingerprint density at radius 2 is 0.667 bits per heavy atom. The molecule has 0 saturated heterocycles. The van der Waals surface area contributed by atoms with Crippen LogP contribution in [0, 0.1) is 0 Å². The molecule has 0 spiro atoms. The number of aliphatic carboxylic acids is 3. The van der Waals surface area contributed by atoms with Crippen LogP contribution in [-0.4, -0.2) is 46.2 Å². The van der Waals surface area contributed by atoms with Crippen LogP contribution < -0.4 is 15.3 Å². The first-order chi connectivity index (χ1) is 5.20. The number of rotatable bonds is 0. The van der Waals surface area contributed by atoms with Gasteiger partial charge in [0.15, 0.2) is 0 Å². The third-order valence-electron chi connectivity index (χ3n) is 0. The van der Waals surface area contributed by atoms with Gasteiger partial charge in [0.2, 0.25) is 0 Å². The summed E-state index contributed by atoms with van der Waals surface area (Å²) in [6.45, 7) is 2.92. The van der Waals surface area contributed by atoms with E-state index >= 15 is 0 Å². The molecule has 0 amide bonds. The molecule has 0 saturated carbocycles. The standard InChI is InChI=1S/3C2H4O2.Al.2H2O/c3*1-2(3)4;;;/h3*1H3,(H,3,4);;2*1H2/q;;;+3;;/p-3. The van der Waals surface area contributed by atoms with E-state index in [4.69, 9.17) is 29.7 Å². The second kappa shape index (κ2) is 29.3. The molecule has 4 N–H and O–H groups in total. The van der Waals surface area contributed by atoms with Crippen LogP contribution in [0.5, 0.6) is 0 Å². The second-order valence-electron chi connectivity index (χ2n) is 1.47. The quantitative estimate of drug-likeness (QED) is 0.379. The topological polar surface area (TPSA) is 183 Å². The van der Waals surface area contributed by atoms with Crippen LogP contribution in [0.15, 0.2) is 0 Å². The molecule has 8 nitrogen and oxygen atoms in total. The van der Waals surface area contributed by atoms with Crippen molar-refractivity contribution in [2.24, 2.45) is 0 Å². The van der Waals surface area contributed by atoms with Crippen LogP contribution in [0.25, 0.3) is 0 Å².